The van der Waals surface area contributed by atoms with Gasteiger partial charge in [0.15, 0.2) is 0 Å². The molecule has 0 spiro atoms. The van der Waals surface area contributed by atoms with E-state index in [9.17, 15) is 4.79 Å². The molecule has 4 heteroatoms. The van der Waals surface area contributed by atoms with E-state index in [1.54, 1.807) is 0 Å². The fourth-order valence-corrected chi connectivity index (χ4v) is 3.91. The first kappa shape index (κ1) is 16.8. The van der Waals surface area contributed by atoms with E-state index in [1.165, 1.54) is 12.0 Å². The second kappa shape index (κ2) is 7.32. The summed E-state index contributed by atoms with van der Waals surface area (Å²) in [6.45, 7) is 3.40. The van der Waals surface area contributed by atoms with Crippen LogP contribution >= 0.6 is 0 Å². The molecule has 3 aromatic rings. The number of amides is 1. The maximum atomic E-state index is 13.0. The van der Waals surface area contributed by atoms with Crippen molar-refractivity contribution in [2.75, 3.05) is 6.54 Å². The molecule has 1 fully saturated rings. The van der Waals surface area contributed by atoms with Crippen molar-refractivity contribution in [3.05, 3.63) is 66.0 Å². The van der Waals surface area contributed by atoms with Gasteiger partial charge in [0.25, 0.3) is 0 Å². The SMILES string of the molecule is CC1CCCCN1C(=O)Cn1c(Cc2ccccc2)nc2ccccc21. The van der Waals surface area contributed by atoms with Crippen LogP contribution in [0.15, 0.2) is 54.6 Å². The molecule has 2 heterocycles. The molecule has 0 radical (unpaired) electrons. The standard InChI is InChI=1S/C22H25N3O/c1-17-9-7-8-14-24(17)22(26)16-25-20-13-6-5-12-19(20)23-21(25)15-18-10-3-2-4-11-18/h2-6,10-13,17H,7-9,14-16H2,1H3. The fraction of sp³-hybridized carbons (Fsp3) is 0.364. The fourth-order valence-electron chi connectivity index (χ4n) is 3.91. The van der Waals surface area contributed by atoms with Crippen molar-refractivity contribution in [3.8, 4) is 0 Å². The van der Waals surface area contributed by atoms with Gasteiger partial charge in [0.2, 0.25) is 5.91 Å². The Morgan fingerprint density at radius 2 is 1.85 bits per heavy atom. The average molecular weight is 347 g/mol. The van der Waals surface area contributed by atoms with E-state index in [0.29, 0.717) is 12.6 Å². The van der Waals surface area contributed by atoms with Crippen molar-refractivity contribution in [1.82, 2.24) is 14.5 Å². The molecule has 1 saturated heterocycles. The van der Waals surface area contributed by atoms with Crippen LogP contribution in [0, 0.1) is 0 Å². The molecule has 134 valence electrons. The van der Waals surface area contributed by atoms with Crippen molar-refractivity contribution in [2.24, 2.45) is 0 Å². The topological polar surface area (TPSA) is 38.1 Å². The lowest BCUT2D eigenvalue weighted by molar-refractivity contribution is -0.135. The highest BCUT2D eigenvalue weighted by Crippen LogP contribution is 2.21. The Bertz CT molecular complexity index is 900. The molecule has 0 N–H and O–H groups in total. The van der Waals surface area contributed by atoms with Gasteiger partial charge in [-0.05, 0) is 43.9 Å². The lowest BCUT2D eigenvalue weighted by Crippen LogP contribution is -2.43. The summed E-state index contributed by atoms with van der Waals surface area (Å²) in [4.78, 5) is 19.9. The summed E-state index contributed by atoms with van der Waals surface area (Å²) in [6.07, 6.45) is 4.17. The number of benzene rings is 2. The van der Waals surface area contributed by atoms with Crippen LogP contribution < -0.4 is 0 Å². The van der Waals surface area contributed by atoms with Gasteiger partial charge in [-0.2, -0.15) is 0 Å². The Hall–Kier alpha value is -2.62. The molecule has 1 amide bonds. The number of carbonyl (C=O) groups is 1. The molecule has 1 aliphatic heterocycles. The van der Waals surface area contributed by atoms with Crippen LogP contribution in [0.25, 0.3) is 11.0 Å². The van der Waals surface area contributed by atoms with E-state index in [-0.39, 0.29) is 5.91 Å². The van der Waals surface area contributed by atoms with Gasteiger partial charge in [0.05, 0.1) is 11.0 Å². The van der Waals surface area contributed by atoms with Crippen LogP contribution in [0.4, 0.5) is 0 Å². The molecule has 0 aliphatic carbocycles. The van der Waals surface area contributed by atoms with Crippen LogP contribution in [0.5, 0.6) is 0 Å². The number of imidazole rings is 1. The molecule has 4 nitrogen and oxygen atoms in total. The lowest BCUT2D eigenvalue weighted by Gasteiger charge is -2.33. The second-order valence-corrected chi connectivity index (χ2v) is 7.20. The molecule has 2 aromatic carbocycles. The Kier molecular flexibility index (Phi) is 4.74. The van der Waals surface area contributed by atoms with Crippen molar-refractivity contribution in [3.63, 3.8) is 0 Å². The Morgan fingerprint density at radius 3 is 2.65 bits per heavy atom. The number of aromatic nitrogens is 2. The van der Waals surface area contributed by atoms with Crippen LogP contribution in [0.3, 0.4) is 0 Å². The van der Waals surface area contributed by atoms with Gasteiger partial charge in [-0.3, -0.25) is 4.79 Å². The van der Waals surface area contributed by atoms with E-state index in [0.717, 1.165) is 42.7 Å². The maximum Gasteiger partial charge on any atom is 0.242 e. The van der Waals surface area contributed by atoms with Crippen molar-refractivity contribution in [1.29, 1.82) is 0 Å². The zero-order valence-corrected chi connectivity index (χ0v) is 15.3. The molecular formula is C22H25N3O. The molecule has 1 aliphatic rings. The number of rotatable bonds is 4. The average Bonchev–Trinajstić information content (AvgIpc) is 3.00. The molecule has 1 atom stereocenters. The van der Waals surface area contributed by atoms with Crippen molar-refractivity contribution >= 4 is 16.9 Å². The quantitative estimate of drug-likeness (QED) is 0.715. The second-order valence-electron chi connectivity index (χ2n) is 7.20. The number of fused-ring (bicyclic) bond motifs is 1. The van der Waals surface area contributed by atoms with Gasteiger partial charge in [-0.1, -0.05) is 42.5 Å². The third-order valence-electron chi connectivity index (χ3n) is 5.36. The van der Waals surface area contributed by atoms with E-state index < -0.39 is 0 Å². The van der Waals surface area contributed by atoms with E-state index in [4.69, 9.17) is 4.98 Å². The highest BCUT2D eigenvalue weighted by molar-refractivity contribution is 5.81. The first-order valence-electron chi connectivity index (χ1n) is 9.50. The van der Waals surface area contributed by atoms with Gasteiger partial charge in [0.1, 0.15) is 12.4 Å². The van der Waals surface area contributed by atoms with Gasteiger partial charge < -0.3 is 9.47 Å². The van der Waals surface area contributed by atoms with Crippen LogP contribution in [0.1, 0.15) is 37.6 Å². The molecule has 0 saturated carbocycles. The normalized spacial score (nSPS) is 17.6. The zero-order valence-electron chi connectivity index (χ0n) is 15.3. The van der Waals surface area contributed by atoms with Crippen molar-refractivity contribution < 1.29 is 4.79 Å². The van der Waals surface area contributed by atoms with Gasteiger partial charge >= 0.3 is 0 Å². The largest absolute Gasteiger partial charge is 0.338 e. The Labute approximate surface area is 154 Å². The third-order valence-corrected chi connectivity index (χ3v) is 5.36. The number of carbonyl (C=O) groups excluding carboxylic acids is 1. The summed E-state index contributed by atoms with van der Waals surface area (Å²) in [7, 11) is 0. The molecule has 0 bridgehead atoms. The summed E-state index contributed by atoms with van der Waals surface area (Å²) in [5.41, 5.74) is 3.21. The number of hydrogen-bond acceptors (Lipinski definition) is 2. The first-order chi connectivity index (χ1) is 12.7. The van der Waals surface area contributed by atoms with Gasteiger partial charge in [-0.25, -0.2) is 4.98 Å². The Morgan fingerprint density at radius 1 is 1.08 bits per heavy atom. The minimum atomic E-state index is 0.203. The van der Waals surface area contributed by atoms with E-state index in [1.807, 2.05) is 41.3 Å². The monoisotopic (exact) mass is 347 g/mol. The van der Waals surface area contributed by atoms with Crippen molar-refractivity contribution in [2.45, 2.75) is 45.2 Å². The van der Waals surface area contributed by atoms with Gasteiger partial charge in [0, 0.05) is 19.0 Å². The first-order valence-corrected chi connectivity index (χ1v) is 9.50. The number of para-hydroxylation sites is 2. The number of likely N-dealkylation sites (tertiary alicyclic amines) is 1. The number of piperidine rings is 1. The number of hydrogen-bond donors (Lipinski definition) is 0. The summed E-state index contributed by atoms with van der Waals surface area (Å²) in [6, 6.07) is 18.8. The molecule has 1 unspecified atom stereocenters. The Balaban J connectivity index is 1.66. The summed E-state index contributed by atoms with van der Waals surface area (Å²) < 4.78 is 2.10. The lowest BCUT2D eigenvalue weighted by atomic mass is 10.0. The summed E-state index contributed by atoms with van der Waals surface area (Å²) in [5.74, 6) is 1.16. The smallest absolute Gasteiger partial charge is 0.242 e. The van der Waals surface area contributed by atoms with Crippen LogP contribution in [-0.2, 0) is 17.8 Å². The maximum absolute atomic E-state index is 13.0. The summed E-state index contributed by atoms with van der Waals surface area (Å²) in [5, 5.41) is 0. The third kappa shape index (κ3) is 3.36. The summed E-state index contributed by atoms with van der Waals surface area (Å²) >= 11 is 0. The highest BCUT2D eigenvalue weighted by atomic mass is 16.2. The van der Waals surface area contributed by atoms with E-state index >= 15 is 0 Å². The highest BCUT2D eigenvalue weighted by Gasteiger charge is 2.24. The number of nitrogens with zero attached hydrogens (tertiary/aromatic N) is 3. The predicted molar refractivity (Wildman–Crippen MR) is 104 cm³/mol. The van der Waals surface area contributed by atoms with E-state index in [2.05, 4.69) is 29.7 Å². The van der Waals surface area contributed by atoms with Crippen LogP contribution in [0.2, 0.25) is 0 Å². The zero-order chi connectivity index (χ0) is 17.9. The predicted octanol–water partition coefficient (Wildman–Crippen LogP) is 4.03. The molecular weight excluding hydrogens is 322 g/mol. The minimum Gasteiger partial charge on any atom is -0.338 e. The van der Waals surface area contributed by atoms with Crippen LogP contribution in [-0.4, -0.2) is 32.9 Å². The molecule has 4 rings (SSSR count). The molecule has 26 heavy (non-hydrogen) atoms. The molecule has 1 aromatic heterocycles. The van der Waals surface area contributed by atoms with Gasteiger partial charge in [-0.15, -0.1) is 0 Å². The minimum absolute atomic E-state index is 0.203.